The van der Waals surface area contributed by atoms with E-state index in [2.05, 4.69) is 27.7 Å². The third kappa shape index (κ3) is 10.8. The maximum atomic E-state index is 8.52. The van der Waals surface area contributed by atoms with Crippen LogP contribution in [0.2, 0.25) is 0 Å². The van der Waals surface area contributed by atoms with E-state index in [1.807, 2.05) is 0 Å². The van der Waals surface area contributed by atoms with Gasteiger partial charge in [-0.1, -0.05) is 53.4 Å². The largest absolute Gasteiger partial charge is 1.00 e. The molecule has 2 aliphatic heterocycles. The molecular formula is C20H38Na2O7S. The molecule has 4 unspecified atom stereocenters. The van der Waals surface area contributed by atoms with Crippen LogP contribution in [0.3, 0.4) is 0 Å². The molecule has 0 amide bonds. The minimum absolute atomic E-state index is 0. The van der Waals surface area contributed by atoms with Gasteiger partial charge in [0.05, 0.1) is 13.2 Å². The Morgan fingerprint density at radius 3 is 1.30 bits per heavy atom. The zero-order valence-corrected chi connectivity index (χ0v) is 24.7. The Hall–Kier alpha value is 1.75. The molecule has 2 saturated heterocycles. The molecule has 0 aromatic rings. The Balaban J connectivity index is 0. The molecule has 7 nitrogen and oxygen atoms in total. The minimum atomic E-state index is -5.17. The van der Waals surface area contributed by atoms with Crippen LogP contribution in [0.4, 0.5) is 0 Å². The number of hydrogen-bond acceptors (Lipinski definition) is 7. The van der Waals surface area contributed by atoms with Crippen molar-refractivity contribution in [3.63, 3.8) is 0 Å². The van der Waals surface area contributed by atoms with Crippen LogP contribution >= 0.6 is 0 Å². The fraction of sp³-hybridized carbons (Fsp3) is 1.00. The van der Waals surface area contributed by atoms with Gasteiger partial charge < -0.3 is 23.3 Å². The molecule has 0 spiro atoms. The van der Waals surface area contributed by atoms with Crippen LogP contribution in [-0.4, -0.2) is 42.3 Å². The Morgan fingerprint density at radius 1 is 0.833 bits per heavy atom. The summed E-state index contributed by atoms with van der Waals surface area (Å²) in [7, 11) is -5.17. The molecule has 10 heteroatoms. The zero-order valence-electron chi connectivity index (χ0n) is 19.9. The SMILES string of the molecule is CCCCC(CC)C1(OC2(C(CC)CCCC)CCO2)CCO1.O=S(=O)([O-])[O-].[Na+].[Na+]. The Morgan fingerprint density at radius 2 is 1.13 bits per heavy atom. The van der Waals surface area contributed by atoms with E-state index < -0.39 is 10.4 Å². The van der Waals surface area contributed by atoms with Crippen molar-refractivity contribution in [2.24, 2.45) is 11.8 Å². The van der Waals surface area contributed by atoms with Gasteiger partial charge in [0.15, 0.2) is 11.6 Å². The van der Waals surface area contributed by atoms with Crippen LogP contribution in [0, 0.1) is 11.8 Å². The molecule has 0 aromatic carbocycles. The first-order chi connectivity index (χ1) is 13.2. The molecule has 0 radical (unpaired) electrons. The fourth-order valence-electron chi connectivity index (χ4n) is 4.24. The van der Waals surface area contributed by atoms with Crippen molar-refractivity contribution < 1.29 is 90.8 Å². The summed E-state index contributed by atoms with van der Waals surface area (Å²) in [6.45, 7) is 10.7. The van der Waals surface area contributed by atoms with Crippen molar-refractivity contribution in [3.05, 3.63) is 0 Å². The molecule has 2 aliphatic rings. The summed E-state index contributed by atoms with van der Waals surface area (Å²) in [4.78, 5) is 0. The van der Waals surface area contributed by atoms with Crippen LogP contribution in [-0.2, 0) is 24.6 Å². The second kappa shape index (κ2) is 16.4. The topological polar surface area (TPSA) is 108 Å². The molecule has 0 saturated carbocycles. The van der Waals surface area contributed by atoms with Crippen LogP contribution in [0.25, 0.3) is 0 Å². The van der Waals surface area contributed by atoms with Crippen molar-refractivity contribution in [2.75, 3.05) is 13.2 Å². The van der Waals surface area contributed by atoms with Gasteiger partial charge in [-0.2, -0.15) is 0 Å². The number of rotatable bonds is 12. The predicted octanol–water partition coefficient (Wildman–Crippen LogP) is -1.66. The molecule has 2 rings (SSSR count). The van der Waals surface area contributed by atoms with Crippen LogP contribution in [0.1, 0.15) is 91.9 Å². The Labute approximate surface area is 227 Å². The van der Waals surface area contributed by atoms with Crippen LogP contribution < -0.4 is 59.1 Å². The van der Waals surface area contributed by atoms with Gasteiger partial charge in [-0.25, -0.2) is 0 Å². The zero-order chi connectivity index (χ0) is 21.3. The van der Waals surface area contributed by atoms with Crippen molar-refractivity contribution >= 4 is 10.4 Å². The summed E-state index contributed by atoms with van der Waals surface area (Å²) < 4.78 is 53.0. The second-order valence-corrected chi connectivity index (χ2v) is 8.64. The first-order valence-electron chi connectivity index (χ1n) is 10.8. The summed E-state index contributed by atoms with van der Waals surface area (Å²) in [5.41, 5.74) is 0. The monoisotopic (exact) mass is 468 g/mol. The van der Waals surface area contributed by atoms with Gasteiger partial charge in [-0.15, -0.1) is 0 Å². The third-order valence-corrected chi connectivity index (χ3v) is 5.98. The normalized spacial score (nSPS) is 27.1. The van der Waals surface area contributed by atoms with Gasteiger partial charge in [0.1, 0.15) is 0 Å². The molecule has 0 aliphatic carbocycles. The molecule has 0 N–H and O–H groups in total. The summed E-state index contributed by atoms with van der Waals surface area (Å²) in [5.74, 6) is 0.260. The molecule has 168 valence electrons. The van der Waals surface area contributed by atoms with Gasteiger partial charge in [0.25, 0.3) is 0 Å². The molecule has 2 fully saturated rings. The number of ether oxygens (including phenoxy) is 3. The van der Waals surface area contributed by atoms with Gasteiger partial charge in [-0.3, -0.25) is 8.42 Å². The maximum Gasteiger partial charge on any atom is 1.00 e. The second-order valence-electron chi connectivity index (χ2n) is 7.83. The van der Waals surface area contributed by atoms with E-state index in [0.29, 0.717) is 11.8 Å². The maximum absolute atomic E-state index is 8.52. The van der Waals surface area contributed by atoms with E-state index in [-0.39, 0.29) is 70.7 Å². The summed E-state index contributed by atoms with van der Waals surface area (Å²) in [6, 6.07) is 0. The van der Waals surface area contributed by atoms with Crippen molar-refractivity contribution in [2.45, 2.75) is 103 Å². The Bertz CT molecular complexity index is 497. The first kappa shape index (κ1) is 33.9. The van der Waals surface area contributed by atoms with E-state index in [4.69, 9.17) is 31.7 Å². The summed E-state index contributed by atoms with van der Waals surface area (Å²) in [5, 5.41) is 0. The summed E-state index contributed by atoms with van der Waals surface area (Å²) in [6.07, 6.45) is 11.7. The van der Waals surface area contributed by atoms with E-state index in [1.165, 1.54) is 38.5 Å². The molecule has 30 heavy (non-hydrogen) atoms. The predicted molar refractivity (Wildman–Crippen MR) is 105 cm³/mol. The average molecular weight is 469 g/mol. The number of hydrogen-bond donors (Lipinski definition) is 0. The van der Waals surface area contributed by atoms with Gasteiger partial charge in [-0.05, 0) is 25.7 Å². The quantitative estimate of drug-likeness (QED) is 0.192. The van der Waals surface area contributed by atoms with Gasteiger partial charge in [0.2, 0.25) is 0 Å². The van der Waals surface area contributed by atoms with E-state index in [9.17, 15) is 0 Å². The Kier molecular flexibility index (Phi) is 18.5. The van der Waals surface area contributed by atoms with E-state index in [0.717, 1.165) is 38.9 Å². The van der Waals surface area contributed by atoms with Crippen LogP contribution in [0.15, 0.2) is 0 Å². The van der Waals surface area contributed by atoms with E-state index in [1.54, 1.807) is 0 Å². The third-order valence-electron chi connectivity index (χ3n) is 5.98. The van der Waals surface area contributed by atoms with Gasteiger partial charge in [0, 0.05) is 35.1 Å². The van der Waals surface area contributed by atoms with Crippen molar-refractivity contribution in [3.8, 4) is 0 Å². The average Bonchev–Trinajstić information content (AvgIpc) is 2.55. The molecule has 0 bridgehead atoms. The van der Waals surface area contributed by atoms with Crippen molar-refractivity contribution in [1.29, 1.82) is 0 Å². The molecular weight excluding hydrogens is 430 g/mol. The molecule has 0 aromatic heterocycles. The minimum Gasteiger partial charge on any atom is -0.759 e. The molecule has 2 heterocycles. The fourth-order valence-corrected chi connectivity index (χ4v) is 4.24. The first-order valence-corrected chi connectivity index (χ1v) is 12.1. The van der Waals surface area contributed by atoms with Crippen LogP contribution in [0.5, 0.6) is 0 Å². The van der Waals surface area contributed by atoms with Crippen molar-refractivity contribution in [1.82, 2.24) is 0 Å². The van der Waals surface area contributed by atoms with Gasteiger partial charge >= 0.3 is 59.1 Å². The smallest absolute Gasteiger partial charge is 0.759 e. The summed E-state index contributed by atoms with van der Waals surface area (Å²) >= 11 is 0. The standard InChI is InChI=1S/C20H38O3.2Na.H2O4S/c1-5-9-11-17(7-3)19(13-15-21-19)23-20(14-16-22-20)18(8-4)12-10-6-2;;;1-5(2,3)4/h17-18H,5-16H2,1-4H3;;;(H2,1,2,3,4)/q;2*+1;/p-2. The molecule has 4 atom stereocenters. The van der Waals surface area contributed by atoms with E-state index >= 15 is 0 Å². The number of unbranched alkanes of at least 4 members (excludes halogenated alkanes) is 2.